The quantitative estimate of drug-likeness (QED) is 0.885. The van der Waals surface area contributed by atoms with Gasteiger partial charge in [-0.2, -0.15) is 0 Å². The Hall–Kier alpha value is -1.09. The number of nitrogens with zero attached hydrogens (tertiary/aromatic N) is 1. The van der Waals surface area contributed by atoms with Crippen LogP contribution in [-0.4, -0.2) is 20.1 Å². The van der Waals surface area contributed by atoms with Gasteiger partial charge in [0.15, 0.2) is 0 Å². The van der Waals surface area contributed by atoms with E-state index in [2.05, 4.69) is 16.3 Å². The fourth-order valence-electron chi connectivity index (χ4n) is 2.63. The molecule has 1 heterocycles. The molecule has 2 nitrogen and oxygen atoms in total. The lowest BCUT2D eigenvalue weighted by molar-refractivity contribution is 0.554. The van der Waals surface area contributed by atoms with Gasteiger partial charge < -0.3 is 10.2 Å². The van der Waals surface area contributed by atoms with Crippen molar-refractivity contribution in [1.29, 1.82) is 0 Å². The number of benzene rings is 1. The van der Waals surface area contributed by atoms with E-state index < -0.39 is 0 Å². The van der Waals surface area contributed by atoms with Gasteiger partial charge in [0.25, 0.3) is 0 Å². The largest absolute Gasteiger partial charge is 0.371 e. The van der Waals surface area contributed by atoms with Crippen molar-refractivity contribution in [3.05, 3.63) is 29.6 Å². The molecule has 0 aliphatic carbocycles. The van der Waals surface area contributed by atoms with E-state index in [9.17, 15) is 4.39 Å². The average Bonchev–Trinajstić information content (AvgIpc) is 2.27. The summed E-state index contributed by atoms with van der Waals surface area (Å²) in [4.78, 5) is 2.33. The summed E-state index contributed by atoms with van der Waals surface area (Å²) in [6, 6.07) is 5.39. The van der Waals surface area contributed by atoms with Gasteiger partial charge in [-0.25, -0.2) is 4.39 Å². The van der Waals surface area contributed by atoms with Crippen LogP contribution in [0.25, 0.3) is 0 Å². The van der Waals surface area contributed by atoms with E-state index in [0.717, 1.165) is 30.9 Å². The van der Waals surface area contributed by atoms with Crippen LogP contribution in [0.15, 0.2) is 18.2 Å². The van der Waals surface area contributed by atoms with E-state index in [1.165, 1.54) is 32.1 Å². The first-order chi connectivity index (χ1) is 8.79. The maximum atomic E-state index is 13.6. The Bertz CT molecular complexity index is 371. The van der Waals surface area contributed by atoms with Crippen molar-refractivity contribution in [1.82, 2.24) is 5.32 Å². The molecule has 1 aromatic carbocycles. The lowest BCUT2D eigenvalue weighted by Gasteiger charge is -2.27. The topological polar surface area (TPSA) is 15.3 Å². The van der Waals surface area contributed by atoms with Crippen molar-refractivity contribution in [2.75, 3.05) is 25.0 Å². The normalized spacial score (nSPS) is 17.3. The van der Waals surface area contributed by atoms with Crippen LogP contribution in [0.4, 0.5) is 10.1 Å². The maximum Gasteiger partial charge on any atom is 0.125 e. The van der Waals surface area contributed by atoms with Gasteiger partial charge in [-0.1, -0.05) is 19.3 Å². The Labute approximate surface area is 109 Å². The molecule has 3 heteroatoms. The van der Waals surface area contributed by atoms with Crippen LogP contribution in [0.1, 0.15) is 37.7 Å². The molecule has 1 aromatic rings. The molecular weight excluding hydrogens is 227 g/mol. The Kier molecular flexibility index (Phi) is 5.00. The first kappa shape index (κ1) is 13.3. The highest BCUT2D eigenvalue weighted by molar-refractivity contribution is 5.49. The van der Waals surface area contributed by atoms with Crippen LogP contribution >= 0.6 is 0 Å². The van der Waals surface area contributed by atoms with Crippen molar-refractivity contribution in [3.63, 3.8) is 0 Å². The summed E-state index contributed by atoms with van der Waals surface area (Å²) in [6.07, 6.45) is 6.39. The average molecular weight is 250 g/mol. The molecule has 1 aliphatic heterocycles. The monoisotopic (exact) mass is 250 g/mol. The first-order valence-corrected chi connectivity index (χ1v) is 6.98. The van der Waals surface area contributed by atoms with Gasteiger partial charge in [0.2, 0.25) is 0 Å². The van der Waals surface area contributed by atoms with Gasteiger partial charge in [-0.15, -0.1) is 0 Å². The minimum absolute atomic E-state index is 0.125. The second kappa shape index (κ2) is 6.74. The van der Waals surface area contributed by atoms with Crippen molar-refractivity contribution in [3.8, 4) is 0 Å². The van der Waals surface area contributed by atoms with E-state index in [0.29, 0.717) is 0 Å². The number of rotatable bonds is 3. The predicted molar refractivity (Wildman–Crippen MR) is 74.5 cm³/mol. The lowest BCUT2D eigenvalue weighted by atomic mass is 10.1. The van der Waals surface area contributed by atoms with Crippen LogP contribution < -0.4 is 10.2 Å². The molecule has 0 unspecified atom stereocenters. The molecule has 1 N–H and O–H groups in total. The maximum absolute atomic E-state index is 13.6. The molecule has 0 atom stereocenters. The molecule has 0 radical (unpaired) electrons. The molecule has 2 rings (SSSR count). The van der Waals surface area contributed by atoms with Crippen LogP contribution in [0.2, 0.25) is 0 Å². The van der Waals surface area contributed by atoms with Crippen LogP contribution in [0.3, 0.4) is 0 Å². The molecule has 1 saturated heterocycles. The van der Waals surface area contributed by atoms with Crippen LogP contribution in [-0.2, 0) is 6.54 Å². The number of hydrogen-bond donors (Lipinski definition) is 1. The van der Waals surface area contributed by atoms with Crippen LogP contribution in [0.5, 0.6) is 0 Å². The van der Waals surface area contributed by atoms with Gasteiger partial charge in [-0.3, -0.25) is 0 Å². The molecular formula is C15H23FN2. The molecule has 1 fully saturated rings. The van der Waals surface area contributed by atoms with E-state index >= 15 is 0 Å². The summed E-state index contributed by atoms with van der Waals surface area (Å²) < 4.78 is 13.6. The van der Waals surface area contributed by atoms with Crippen molar-refractivity contribution >= 4 is 5.69 Å². The molecule has 0 bridgehead atoms. The number of anilines is 1. The Morgan fingerprint density at radius 3 is 2.39 bits per heavy atom. The summed E-state index contributed by atoms with van der Waals surface area (Å²) >= 11 is 0. The van der Waals surface area contributed by atoms with Crippen LogP contribution in [0, 0.1) is 5.82 Å². The number of hydrogen-bond acceptors (Lipinski definition) is 2. The fraction of sp³-hybridized carbons (Fsp3) is 0.600. The third-order valence-electron chi connectivity index (χ3n) is 3.54. The van der Waals surface area contributed by atoms with Gasteiger partial charge in [0.05, 0.1) is 0 Å². The Morgan fingerprint density at radius 2 is 1.72 bits per heavy atom. The Balaban J connectivity index is 2.14. The summed E-state index contributed by atoms with van der Waals surface area (Å²) in [5.74, 6) is -0.125. The van der Waals surface area contributed by atoms with Gasteiger partial charge >= 0.3 is 0 Å². The number of nitrogens with one attached hydrogen (secondary N) is 1. The smallest absolute Gasteiger partial charge is 0.125 e. The minimum atomic E-state index is -0.125. The predicted octanol–water partition coefficient (Wildman–Crippen LogP) is 3.32. The van der Waals surface area contributed by atoms with E-state index in [1.54, 1.807) is 12.1 Å². The van der Waals surface area contributed by atoms with Gasteiger partial charge in [-0.05, 0) is 43.7 Å². The SMILES string of the molecule is CNCc1cc(F)cc(N2CCCCCCC2)c1. The van der Waals surface area contributed by atoms with Crippen molar-refractivity contribution in [2.45, 2.75) is 38.6 Å². The van der Waals surface area contributed by atoms with Crippen molar-refractivity contribution in [2.24, 2.45) is 0 Å². The number of halogens is 1. The molecule has 0 saturated carbocycles. The highest BCUT2D eigenvalue weighted by atomic mass is 19.1. The van der Waals surface area contributed by atoms with Gasteiger partial charge in [0, 0.05) is 25.3 Å². The lowest BCUT2D eigenvalue weighted by Crippen LogP contribution is -2.27. The van der Waals surface area contributed by atoms with Crippen molar-refractivity contribution < 1.29 is 4.39 Å². The highest BCUT2D eigenvalue weighted by Gasteiger charge is 2.11. The zero-order chi connectivity index (χ0) is 12.8. The third-order valence-corrected chi connectivity index (χ3v) is 3.54. The summed E-state index contributed by atoms with van der Waals surface area (Å²) in [7, 11) is 1.89. The fourth-order valence-corrected chi connectivity index (χ4v) is 2.63. The second-order valence-corrected chi connectivity index (χ2v) is 5.10. The minimum Gasteiger partial charge on any atom is -0.371 e. The van der Waals surface area contributed by atoms with E-state index in [1.807, 2.05) is 7.05 Å². The third kappa shape index (κ3) is 3.70. The summed E-state index contributed by atoms with van der Waals surface area (Å²) in [6.45, 7) is 2.84. The molecule has 0 aromatic heterocycles. The molecule has 100 valence electrons. The summed E-state index contributed by atoms with van der Waals surface area (Å²) in [5, 5.41) is 3.08. The zero-order valence-corrected chi connectivity index (χ0v) is 11.2. The first-order valence-electron chi connectivity index (χ1n) is 6.98. The van der Waals surface area contributed by atoms with Gasteiger partial charge in [0.1, 0.15) is 5.82 Å². The van der Waals surface area contributed by atoms with E-state index in [-0.39, 0.29) is 5.82 Å². The molecule has 0 amide bonds. The standard InChI is InChI=1S/C15H23FN2/c1-17-12-13-9-14(16)11-15(10-13)18-7-5-3-2-4-6-8-18/h9-11,17H,2-8,12H2,1H3. The second-order valence-electron chi connectivity index (χ2n) is 5.10. The Morgan fingerprint density at radius 1 is 1.06 bits per heavy atom. The summed E-state index contributed by atoms with van der Waals surface area (Å²) in [5.41, 5.74) is 2.07. The molecule has 18 heavy (non-hydrogen) atoms. The van der Waals surface area contributed by atoms with E-state index in [4.69, 9.17) is 0 Å². The molecule has 1 aliphatic rings. The highest BCUT2D eigenvalue weighted by Crippen LogP contribution is 2.22. The molecule has 0 spiro atoms. The zero-order valence-electron chi connectivity index (χ0n) is 11.2.